The zero-order valence-corrected chi connectivity index (χ0v) is 42.4. The Morgan fingerprint density at radius 1 is 0.578 bits per heavy atom. The van der Waals surface area contributed by atoms with E-state index in [1.807, 2.05) is 20.8 Å². The largest absolute Gasteiger partial charge is 0.464 e. The van der Waals surface area contributed by atoms with Gasteiger partial charge in [-0.05, 0) is 40.0 Å². The van der Waals surface area contributed by atoms with Crippen LogP contribution in [0.25, 0.3) is 0 Å². The fourth-order valence-corrected chi connectivity index (χ4v) is 4.17. The molecule has 0 bridgehead atoms. The van der Waals surface area contributed by atoms with Crippen LogP contribution in [-0.4, -0.2) is 56.7 Å². The van der Waals surface area contributed by atoms with E-state index < -0.39 is 11.4 Å². The average Bonchev–Trinajstić information content (AvgIpc) is 2.99. The van der Waals surface area contributed by atoms with E-state index in [1.54, 1.807) is 6.92 Å². The number of carbonyl (C=O) groups excluding carboxylic acids is 3. The summed E-state index contributed by atoms with van der Waals surface area (Å²) >= 11 is 0. The van der Waals surface area contributed by atoms with Crippen LogP contribution in [0.3, 0.4) is 0 Å². The molecule has 0 aromatic rings. The summed E-state index contributed by atoms with van der Waals surface area (Å²) in [6.45, 7) is 15.1. The molecule has 0 atom stereocenters. The van der Waals surface area contributed by atoms with Gasteiger partial charge >= 0.3 is 17.9 Å². The molecule has 0 aliphatic rings. The average molecular weight is 1150 g/mol. The minimum absolute atomic E-state index is 0. The van der Waals surface area contributed by atoms with Crippen LogP contribution in [0.15, 0.2) is 0 Å². The second-order valence-electron chi connectivity index (χ2n) is 12.5. The molecule has 0 heterocycles. The third-order valence-corrected chi connectivity index (χ3v) is 7.70. The van der Waals surface area contributed by atoms with Crippen molar-refractivity contribution < 1.29 is 38.1 Å². The second-order valence-corrected chi connectivity index (χ2v) is 12.5. The summed E-state index contributed by atoms with van der Waals surface area (Å²) in [5, 5.41) is 0. The molecule has 8 nitrogen and oxygen atoms in total. The maximum Gasteiger partial charge on any atom is 0.318 e. The van der Waals surface area contributed by atoms with Gasteiger partial charge in [0.15, 0.2) is 0 Å². The number of esters is 3. The predicted octanol–water partition coefficient (Wildman–Crippen LogP) is 8.49. The molecule has 45 heavy (non-hydrogen) atoms. The molecule has 0 aromatic heterocycles. The Morgan fingerprint density at radius 2 is 0.978 bits per heavy atom. The number of unbranched alkanes of at least 4 members (excludes halogenated alkanes) is 14. The van der Waals surface area contributed by atoms with Crippen molar-refractivity contribution in [1.29, 1.82) is 0 Å². The molecule has 10 heteroatoms. The molecule has 0 spiro atoms. The van der Waals surface area contributed by atoms with Crippen molar-refractivity contribution in [2.24, 2.45) is 5.41 Å². The molecule has 258 valence electrons. The van der Waals surface area contributed by atoms with Gasteiger partial charge in [-0.2, -0.15) is 12.8 Å². The van der Waals surface area contributed by atoms with E-state index in [4.69, 9.17) is 23.7 Å². The van der Waals surface area contributed by atoms with Crippen molar-refractivity contribution in [3.05, 3.63) is 13.8 Å². The quantitative estimate of drug-likeness (QED) is 0.0233. The standard InChI is InChI=1S/C35H64O8.2Rf/c1-7-10-12-14-16-18-20-22-24-31(36)41-28-35(6,33(38)40-27-26-39-30-43-34(4,5)9-3)29-42-32(37)25-23-21-19-17-15-13-11-8-2;;/h1-2,7-30H2,3-6H3;;/q-2;;. The monoisotopic (exact) mass is 1150 g/mol. The van der Waals surface area contributed by atoms with E-state index in [9.17, 15) is 14.4 Å². The van der Waals surface area contributed by atoms with Crippen LogP contribution < -0.4 is 0 Å². The molecule has 0 aromatic carbocycles. The van der Waals surface area contributed by atoms with Gasteiger partial charge in [0.05, 0.1) is 12.2 Å². The van der Waals surface area contributed by atoms with E-state index in [2.05, 4.69) is 13.8 Å². The summed E-state index contributed by atoms with van der Waals surface area (Å²) < 4.78 is 27.5. The number of hydrogen-bond donors (Lipinski definition) is 0. The number of carbonyl (C=O) groups is 3. The summed E-state index contributed by atoms with van der Waals surface area (Å²) in [5.41, 5.74) is -1.60. The SMILES string of the molecule is [CH2-]CCCCCCCCCC(=O)OCC(C)(COC(=O)CCCCCCCCC[CH2-])C(=O)OCCOCOC(C)(C)CC.[Rf].[Rf]. The summed E-state index contributed by atoms with van der Waals surface area (Å²) in [4.78, 5) is 37.9. The molecule has 0 unspecified atom stereocenters. The third kappa shape index (κ3) is 26.5. The summed E-state index contributed by atoms with van der Waals surface area (Å²) in [6, 6.07) is 0. The van der Waals surface area contributed by atoms with Crippen LogP contribution in [0.4, 0.5) is 0 Å². The van der Waals surface area contributed by atoms with Crippen LogP contribution in [0.5, 0.6) is 0 Å². The van der Waals surface area contributed by atoms with Crippen LogP contribution in [-0.2, 0) is 38.1 Å². The van der Waals surface area contributed by atoms with Crippen molar-refractivity contribution >= 4 is 17.9 Å². The van der Waals surface area contributed by atoms with E-state index in [0.29, 0.717) is 12.8 Å². The first-order chi connectivity index (χ1) is 20.6. The Bertz CT molecular complexity index is 682. The van der Waals surface area contributed by atoms with Gasteiger partial charge in [-0.25, -0.2) is 0 Å². The zero-order valence-electron chi connectivity index (χ0n) is 29.6. The van der Waals surface area contributed by atoms with Crippen molar-refractivity contribution in [2.45, 2.75) is 155 Å². The number of ether oxygens (including phenoxy) is 5. The fraction of sp³-hybridized carbons (Fsp3) is 0.857. The molecule has 0 fully saturated rings. The molecular formula is C35H64O8Rf2-2. The molecule has 0 aliphatic heterocycles. The Balaban J connectivity index is -0.00000882. The van der Waals surface area contributed by atoms with E-state index in [-0.39, 0.29) is 50.8 Å². The first-order valence-electron chi connectivity index (χ1n) is 16.9. The Labute approximate surface area is 263 Å². The van der Waals surface area contributed by atoms with E-state index >= 15 is 0 Å². The van der Waals surface area contributed by atoms with Gasteiger partial charge < -0.3 is 37.5 Å². The van der Waals surface area contributed by atoms with Crippen molar-refractivity contribution in [3.63, 3.8) is 0 Å². The molecule has 0 rings (SSSR count). The van der Waals surface area contributed by atoms with Gasteiger partial charge in [-0.1, -0.05) is 84.0 Å². The molecule has 0 saturated heterocycles. The van der Waals surface area contributed by atoms with Gasteiger partial charge in [0, 0.05) is 12.8 Å². The van der Waals surface area contributed by atoms with Crippen molar-refractivity contribution in [1.82, 2.24) is 0 Å². The first-order valence-corrected chi connectivity index (χ1v) is 16.9. The molecule has 0 saturated carbocycles. The fourth-order valence-electron chi connectivity index (χ4n) is 4.17. The first kappa shape index (κ1) is 45.8. The van der Waals surface area contributed by atoms with Crippen LogP contribution >= 0.6 is 0 Å². The molecule has 0 N–H and O–H groups in total. The summed E-state index contributed by atoms with van der Waals surface area (Å²) in [6.07, 6.45) is 18.4. The van der Waals surface area contributed by atoms with Gasteiger partial charge in [-0.15, -0.1) is 0 Å². The van der Waals surface area contributed by atoms with Crippen molar-refractivity contribution in [2.75, 3.05) is 33.2 Å². The van der Waals surface area contributed by atoms with Crippen LogP contribution in [0.2, 0.25) is 0 Å². The molecule has 0 amide bonds. The molecule has 0 radical (unpaired) electrons. The third-order valence-electron chi connectivity index (χ3n) is 7.70. The Morgan fingerprint density at radius 3 is 1.38 bits per heavy atom. The maximum atomic E-state index is 13.0. The van der Waals surface area contributed by atoms with Crippen LogP contribution in [0.1, 0.15) is 150 Å². The van der Waals surface area contributed by atoms with Gasteiger partial charge in [0.2, 0.25) is 0 Å². The van der Waals surface area contributed by atoms with Crippen molar-refractivity contribution in [3.8, 4) is 0 Å². The summed E-state index contributed by atoms with van der Waals surface area (Å²) in [7, 11) is 0. The van der Waals surface area contributed by atoms with Gasteiger partial charge in [-0.3, -0.25) is 14.4 Å². The topological polar surface area (TPSA) is 97.4 Å². The molecular weight excluding hydrogens is 1080 g/mol. The molecule has 0 aliphatic carbocycles. The van der Waals surface area contributed by atoms with E-state index in [1.165, 1.54) is 38.5 Å². The Hall–Kier alpha value is -3.67. The Kier molecular flexibility index (Phi) is 29.6. The van der Waals surface area contributed by atoms with E-state index in [0.717, 1.165) is 70.6 Å². The van der Waals surface area contributed by atoms with Gasteiger partial charge in [0.25, 0.3) is 0 Å². The maximum absolute atomic E-state index is 13.0. The smallest absolute Gasteiger partial charge is 0.318 e. The number of hydrogen-bond acceptors (Lipinski definition) is 8. The van der Waals surface area contributed by atoms with Gasteiger partial charge in [0.1, 0.15) is 32.0 Å². The minimum atomic E-state index is -1.31. The summed E-state index contributed by atoms with van der Waals surface area (Å²) in [5.74, 6) is -1.33. The minimum Gasteiger partial charge on any atom is -0.464 e. The zero-order chi connectivity index (χ0) is 32.2. The second kappa shape index (κ2) is 29.1. The predicted molar refractivity (Wildman–Crippen MR) is 171 cm³/mol. The normalized spacial score (nSPS) is 11.3. The van der Waals surface area contributed by atoms with Crippen LogP contribution in [0, 0.1) is 19.3 Å². The number of rotatable bonds is 30.